The summed E-state index contributed by atoms with van der Waals surface area (Å²) in [6, 6.07) is 13.9. The predicted octanol–water partition coefficient (Wildman–Crippen LogP) is 2.08. The largest absolute Gasteiger partial charge is 0.748 e. The minimum Gasteiger partial charge on any atom is -0.748 e. The first-order valence-corrected chi connectivity index (χ1v) is 8.26. The zero-order valence-corrected chi connectivity index (χ0v) is 12.4. The molecular formula is C16H17NO3S. The summed E-state index contributed by atoms with van der Waals surface area (Å²) in [6.07, 6.45) is 8.13. The van der Waals surface area contributed by atoms with Gasteiger partial charge in [-0.05, 0) is 11.1 Å². The Hall–Kier alpha value is -1.98. The van der Waals surface area contributed by atoms with Crippen LogP contribution in [0.4, 0.5) is 0 Å². The van der Waals surface area contributed by atoms with E-state index in [1.54, 1.807) is 0 Å². The Labute approximate surface area is 125 Å². The van der Waals surface area contributed by atoms with E-state index in [1.165, 1.54) is 0 Å². The number of pyridine rings is 1. The number of aryl methyl sites for hydroxylation is 1. The third-order valence-corrected chi connectivity index (χ3v) is 3.78. The number of aromatic nitrogens is 1. The first-order chi connectivity index (χ1) is 10.0. The lowest BCUT2D eigenvalue weighted by atomic mass is 10.1. The third kappa shape index (κ3) is 5.89. The van der Waals surface area contributed by atoms with Crippen molar-refractivity contribution in [2.45, 2.75) is 13.0 Å². The van der Waals surface area contributed by atoms with Crippen LogP contribution in [0, 0.1) is 0 Å². The van der Waals surface area contributed by atoms with Crippen LogP contribution < -0.4 is 4.57 Å². The van der Waals surface area contributed by atoms with Crippen LogP contribution in [0.2, 0.25) is 0 Å². The fourth-order valence-corrected chi connectivity index (χ4v) is 2.39. The molecule has 0 saturated heterocycles. The van der Waals surface area contributed by atoms with Gasteiger partial charge >= 0.3 is 0 Å². The van der Waals surface area contributed by atoms with Gasteiger partial charge in [-0.1, -0.05) is 42.5 Å². The number of hydrogen-bond acceptors (Lipinski definition) is 3. The molecule has 0 aliphatic heterocycles. The van der Waals surface area contributed by atoms with Crippen molar-refractivity contribution in [3.05, 3.63) is 66.0 Å². The van der Waals surface area contributed by atoms with Crippen molar-refractivity contribution >= 4 is 22.3 Å². The van der Waals surface area contributed by atoms with E-state index < -0.39 is 10.1 Å². The summed E-state index contributed by atoms with van der Waals surface area (Å²) < 4.78 is 33.4. The average molecular weight is 303 g/mol. The van der Waals surface area contributed by atoms with Crippen molar-refractivity contribution in [3.63, 3.8) is 0 Å². The molecule has 0 N–H and O–H groups in total. The fourth-order valence-electron chi connectivity index (χ4n) is 1.91. The fraction of sp³-hybridized carbons (Fsp3) is 0.188. The van der Waals surface area contributed by atoms with Crippen LogP contribution in [-0.2, 0) is 16.7 Å². The first kappa shape index (κ1) is 15.4. The number of nitrogens with zero attached hydrogens (tertiary/aromatic N) is 1. The van der Waals surface area contributed by atoms with Crippen LogP contribution in [0.15, 0.2) is 54.9 Å². The summed E-state index contributed by atoms with van der Waals surface area (Å²) in [5, 5.41) is 0. The third-order valence-electron chi connectivity index (χ3n) is 3.00. The van der Waals surface area contributed by atoms with E-state index in [1.807, 2.05) is 71.6 Å². The highest BCUT2D eigenvalue weighted by Gasteiger charge is 2.02. The Morgan fingerprint density at radius 1 is 0.952 bits per heavy atom. The summed E-state index contributed by atoms with van der Waals surface area (Å²) >= 11 is 0. The second-order valence-electron chi connectivity index (χ2n) is 4.73. The molecule has 21 heavy (non-hydrogen) atoms. The topological polar surface area (TPSA) is 61.1 Å². The van der Waals surface area contributed by atoms with Crippen LogP contribution >= 0.6 is 0 Å². The van der Waals surface area contributed by atoms with E-state index in [9.17, 15) is 13.0 Å². The molecule has 0 fully saturated rings. The first-order valence-electron chi connectivity index (χ1n) is 6.69. The van der Waals surface area contributed by atoms with Gasteiger partial charge in [-0.2, -0.15) is 0 Å². The van der Waals surface area contributed by atoms with Crippen LogP contribution in [0.25, 0.3) is 12.2 Å². The quantitative estimate of drug-likeness (QED) is 0.606. The predicted molar refractivity (Wildman–Crippen MR) is 81.2 cm³/mol. The van der Waals surface area contributed by atoms with Crippen LogP contribution in [0.3, 0.4) is 0 Å². The van der Waals surface area contributed by atoms with Crippen molar-refractivity contribution in [1.29, 1.82) is 0 Å². The maximum absolute atomic E-state index is 10.5. The molecule has 2 aromatic rings. The lowest BCUT2D eigenvalue weighted by Crippen LogP contribution is -2.33. The van der Waals surface area contributed by atoms with Gasteiger partial charge in [0.2, 0.25) is 0 Å². The molecule has 5 heteroatoms. The Bertz CT molecular complexity index is 692. The molecule has 0 atom stereocenters. The maximum Gasteiger partial charge on any atom is 0.169 e. The summed E-state index contributed by atoms with van der Waals surface area (Å²) in [7, 11) is -4.12. The molecular weight excluding hydrogens is 286 g/mol. The molecule has 110 valence electrons. The highest BCUT2D eigenvalue weighted by atomic mass is 32.2. The number of hydrogen-bond donors (Lipinski definition) is 0. The standard InChI is InChI=1S/C16H17NO3S/c18-21(19,20)14-4-11-17-12-9-16(10-13-17)8-7-15-5-2-1-3-6-15/h1-3,5-10,12-13H,4,11,14H2. The SMILES string of the molecule is O=S(=O)([O-])CCC[n+]1ccc(C=Cc2ccccc2)cc1. The molecule has 0 bridgehead atoms. The van der Waals surface area contributed by atoms with Gasteiger partial charge in [-0.3, -0.25) is 0 Å². The number of rotatable bonds is 6. The van der Waals surface area contributed by atoms with E-state index in [0.29, 0.717) is 13.0 Å². The van der Waals surface area contributed by atoms with Gasteiger partial charge in [0, 0.05) is 24.3 Å². The molecule has 2 rings (SSSR count). The maximum atomic E-state index is 10.5. The molecule has 1 aromatic carbocycles. The van der Waals surface area contributed by atoms with E-state index in [0.717, 1.165) is 11.1 Å². The van der Waals surface area contributed by atoms with Gasteiger partial charge in [-0.25, -0.2) is 13.0 Å². The summed E-state index contributed by atoms with van der Waals surface area (Å²) in [5.41, 5.74) is 2.20. The van der Waals surface area contributed by atoms with Gasteiger partial charge in [-0.15, -0.1) is 0 Å². The minimum atomic E-state index is -4.12. The van der Waals surface area contributed by atoms with Crippen LogP contribution in [0.1, 0.15) is 17.5 Å². The Morgan fingerprint density at radius 3 is 2.10 bits per heavy atom. The van der Waals surface area contributed by atoms with E-state index in [4.69, 9.17) is 0 Å². The van der Waals surface area contributed by atoms with Crippen molar-refractivity contribution < 1.29 is 17.5 Å². The zero-order valence-electron chi connectivity index (χ0n) is 11.6. The highest BCUT2D eigenvalue weighted by molar-refractivity contribution is 7.85. The van der Waals surface area contributed by atoms with Crippen molar-refractivity contribution in [2.75, 3.05) is 5.75 Å². The molecule has 0 radical (unpaired) electrons. The number of benzene rings is 1. The average Bonchev–Trinajstić information content (AvgIpc) is 2.46. The molecule has 0 spiro atoms. The Morgan fingerprint density at radius 2 is 1.52 bits per heavy atom. The monoisotopic (exact) mass is 303 g/mol. The smallest absolute Gasteiger partial charge is 0.169 e. The van der Waals surface area contributed by atoms with Gasteiger partial charge in [0.15, 0.2) is 12.4 Å². The van der Waals surface area contributed by atoms with Gasteiger partial charge in [0.05, 0.1) is 10.1 Å². The summed E-state index contributed by atoms with van der Waals surface area (Å²) in [6.45, 7) is 0.518. The zero-order chi connectivity index (χ0) is 15.1. The molecule has 1 heterocycles. The second-order valence-corrected chi connectivity index (χ2v) is 6.25. The Balaban J connectivity index is 1.91. The summed E-state index contributed by atoms with van der Waals surface area (Å²) in [4.78, 5) is 0. The highest BCUT2D eigenvalue weighted by Crippen LogP contribution is 2.06. The molecule has 1 aromatic heterocycles. The lowest BCUT2D eigenvalue weighted by molar-refractivity contribution is -0.696. The lowest BCUT2D eigenvalue weighted by Gasteiger charge is -2.04. The van der Waals surface area contributed by atoms with Gasteiger partial charge in [0.1, 0.15) is 6.54 Å². The Kier molecular flexibility index (Phi) is 5.25. The normalized spacial score (nSPS) is 11.9. The second kappa shape index (κ2) is 7.15. The minimum absolute atomic E-state index is 0.324. The molecule has 0 aliphatic rings. The molecule has 0 unspecified atom stereocenters. The van der Waals surface area contributed by atoms with Crippen LogP contribution in [0.5, 0.6) is 0 Å². The molecule has 4 nitrogen and oxygen atoms in total. The molecule has 0 saturated carbocycles. The van der Waals surface area contributed by atoms with Crippen LogP contribution in [-0.4, -0.2) is 18.7 Å². The molecule has 0 amide bonds. The van der Waals surface area contributed by atoms with Crippen molar-refractivity contribution in [3.8, 4) is 0 Å². The van der Waals surface area contributed by atoms with E-state index in [2.05, 4.69) is 0 Å². The van der Waals surface area contributed by atoms with Crippen molar-refractivity contribution in [1.82, 2.24) is 0 Å². The van der Waals surface area contributed by atoms with E-state index >= 15 is 0 Å². The molecule has 0 aliphatic carbocycles. The summed E-state index contributed by atoms with van der Waals surface area (Å²) in [5.74, 6) is -0.324. The van der Waals surface area contributed by atoms with Crippen molar-refractivity contribution in [2.24, 2.45) is 0 Å². The van der Waals surface area contributed by atoms with E-state index in [-0.39, 0.29) is 5.75 Å². The van der Waals surface area contributed by atoms with Gasteiger partial charge in [0.25, 0.3) is 0 Å². The van der Waals surface area contributed by atoms with Gasteiger partial charge < -0.3 is 4.55 Å².